The summed E-state index contributed by atoms with van der Waals surface area (Å²) in [6, 6.07) is 7.61. The highest BCUT2D eigenvalue weighted by molar-refractivity contribution is 14.0. The van der Waals surface area contributed by atoms with E-state index in [-0.39, 0.29) is 29.9 Å². The van der Waals surface area contributed by atoms with Crippen LogP contribution in [-0.2, 0) is 6.54 Å². The van der Waals surface area contributed by atoms with E-state index in [4.69, 9.17) is 0 Å². The van der Waals surface area contributed by atoms with Gasteiger partial charge in [-0.25, -0.2) is 0 Å². The number of hydrogen-bond donors (Lipinski definition) is 2. The molecule has 0 fully saturated rings. The third kappa shape index (κ3) is 6.79. The molecular weight excluding hydrogens is 379 g/mol. The molecule has 0 radical (unpaired) electrons. The first-order valence-electron chi connectivity index (χ1n) is 6.83. The van der Waals surface area contributed by atoms with Crippen LogP contribution in [0.1, 0.15) is 29.3 Å². The summed E-state index contributed by atoms with van der Waals surface area (Å²) in [5.74, 6) is 0.810. The number of benzene rings is 1. The van der Waals surface area contributed by atoms with E-state index >= 15 is 0 Å². The predicted octanol–water partition coefficient (Wildman–Crippen LogP) is 2.08. The summed E-state index contributed by atoms with van der Waals surface area (Å²) in [5.41, 5.74) is 1.81. The predicted molar refractivity (Wildman–Crippen MR) is 98.4 cm³/mol. The molecule has 0 aromatic heterocycles. The van der Waals surface area contributed by atoms with E-state index in [2.05, 4.69) is 22.5 Å². The Balaban J connectivity index is 0.00000400. The topological polar surface area (TPSA) is 56.7 Å². The van der Waals surface area contributed by atoms with Gasteiger partial charge in [-0.3, -0.25) is 9.79 Å². The molecule has 0 spiro atoms. The minimum atomic E-state index is 0. The molecule has 118 valence electrons. The monoisotopic (exact) mass is 404 g/mol. The Morgan fingerprint density at radius 2 is 1.81 bits per heavy atom. The molecule has 0 aliphatic heterocycles. The van der Waals surface area contributed by atoms with Crippen molar-refractivity contribution < 1.29 is 4.79 Å². The van der Waals surface area contributed by atoms with Crippen LogP contribution in [0.5, 0.6) is 0 Å². The zero-order valence-corrected chi connectivity index (χ0v) is 15.5. The van der Waals surface area contributed by atoms with E-state index in [0.717, 1.165) is 24.5 Å². The SMILES string of the molecule is CCCNC(=NC)NCc1ccc(C(=O)N(C)C)cc1.I. The lowest BCUT2D eigenvalue weighted by Gasteiger charge is -2.12. The summed E-state index contributed by atoms with van der Waals surface area (Å²) < 4.78 is 0. The van der Waals surface area contributed by atoms with Gasteiger partial charge in [0.15, 0.2) is 5.96 Å². The highest BCUT2D eigenvalue weighted by atomic mass is 127. The number of guanidine groups is 1. The lowest BCUT2D eigenvalue weighted by atomic mass is 10.1. The van der Waals surface area contributed by atoms with E-state index in [1.807, 2.05) is 24.3 Å². The van der Waals surface area contributed by atoms with Gasteiger partial charge in [0, 0.05) is 39.8 Å². The van der Waals surface area contributed by atoms with E-state index in [1.165, 1.54) is 0 Å². The summed E-state index contributed by atoms with van der Waals surface area (Å²) in [7, 11) is 5.26. The van der Waals surface area contributed by atoms with Gasteiger partial charge in [-0.15, -0.1) is 24.0 Å². The standard InChI is InChI=1S/C15H24N4O.HI/c1-5-10-17-15(16-2)18-11-12-6-8-13(9-7-12)14(20)19(3)4;/h6-9H,5,10-11H2,1-4H3,(H2,16,17,18);1H. The van der Waals surface area contributed by atoms with Gasteiger partial charge < -0.3 is 15.5 Å². The fourth-order valence-electron chi connectivity index (χ4n) is 1.67. The lowest BCUT2D eigenvalue weighted by molar-refractivity contribution is 0.0827. The van der Waals surface area contributed by atoms with Crippen molar-refractivity contribution >= 4 is 35.8 Å². The smallest absolute Gasteiger partial charge is 0.253 e. The average molecular weight is 404 g/mol. The minimum absolute atomic E-state index is 0. The Bertz CT molecular complexity index is 457. The largest absolute Gasteiger partial charge is 0.356 e. The van der Waals surface area contributed by atoms with Gasteiger partial charge >= 0.3 is 0 Å². The van der Waals surface area contributed by atoms with Crippen molar-refractivity contribution in [3.05, 3.63) is 35.4 Å². The number of halogens is 1. The van der Waals surface area contributed by atoms with E-state index in [0.29, 0.717) is 12.1 Å². The molecule has 0 heterocycles. The molecule has 0 bridgehead atoms. The van der Waals surface area contributed by atoms with Crippen LogP contribution in [0, 0.1) is 0 Å². The Kier molecular flexibility index (Phi) is 9.77. The average Bonchev–Trinajstić information content (AvgIpc) is 2.47. The highest BCUT2D eigenvalue weighted by Crippen LogP contribution is 2.06. The fourth-order valence-corrected chi connectivity index (χ4v) is 1.67. The Morgan fingerprint density at radius 1 is 1.19 bits per heavy atom. The molecule has 1 rings (SSSR count). The number of hydrogen-bond acceptors (Lipinski definition) is 2. The van der Waals surface area contributed by atoms with Crippen LogP contribution in [0.2, 0.25) is 0 Å². The van der Waals surface area contributed by atoms with Gasteiger partial charge in [0.25, 0.3) is 5.91 Å². The molecule has 1 aromatic carbocycles. The minimum Gasteiger partial charge on any atom is -0.356 e. The van der Waals surface area contributed by atoms with Crippen molar-refractivity contribution in [3.63, 3.8) is 0 Å². The third-order valence-electron chi connectivity index (χ3n) is 2.83. The van der Waals surface area contributed by atoms with Crippen molar-refractivity contribution in [1.82, 2.24) is 15.5 Å². The highest BCUT2D eigenvalue weighted by Gasteiger charge is 2.07. The number of nitrogens with one attached hydrogen (secondary N) is 2. The third-order valence-corrected chi connectivity index (χ3v) is 2.83. The molecule has 1 aromatic rings. The number of aliphatic imine (C=N–C) groups is 1. The normalized spacial score (nSPS) is 10.6. The maximum absolute atomic E-state index is 11.8. The molecule has 0 saturated carbocycles. The van der Waals surface area contributed by atoms with Crippen molar-refractivity contribution in [2.75, 3.05) is 27.7 Å². The first-order chi connectivity index (χ1) is 9.58. The maximum atomic E-state index is 11.8. The van der Waals surface area contributed by atoms with Crippen LogP contribution < -0.4 is 10.6 Å². The van der Waals surface area contributed by atoms with Gasteiger partial charge in [-0.1, -0.05) is 19.1 Å². The van der Waals surface area contributed by atoms with Crippen LogP contribution >= 0.6 is 24.0 Å². The molecule has 6 heteroatoms. The second kappa shape index (κ2) is 10.4. The lowest BCUT2D eigenvalue weighted by Crippen LogP contribution is -2.37. The van der Waals surface area contributed by atoms with Crippen molar-refractivity contribution in [2.45, 2.75) is 19.9 Å². The summed E-state index contributed by atoms with van der Waals surface area (Å²) >= 11 is 0. The fraction of sp³-hybridized carbons (Fsp3) is 0.467. The van der Waals surface area contributed by atoms with Gasteiger partial charge in [0.05, 0.1) is 0 Å². The molecule has 0 unspecified atom stereocenters. The van der Waals surface area contributed by atoms with Crippen molar-refractivity contribution in [1.29, 1.82) is 0 Å². The number of carbonyl (C=O) groups excluding carboxylic acids is 1. The van der Waals surface area contributed by atoms with Crippen molar-refractivity contribution in [3.8, 4) is 0 Å². The van der Waals surface area contributed by atoms with Gasteiger partial charge in [-0.05, 0) is 24.1 Å². The Hall–Kier alpha value is -1.31. The molecule has 5 nitrogen and oxygen atoms in total. The second-order valence-electron chi connectivity index (χ2n) is 4.75. The number of nitrogens with zero attached hydrogens (tertiary/aromatic N) is 2. The summed E-state index contributed by atoms with van der Waals surface area (Å²) in [5, 5.41) is 6.45. The molecule has 0 aliphatic carbocycles. The Labute approximate surface area is 144 Å². The quantitative estimate of drug-likeness (QED) is 0.449. The first-order valence-corrected chi connectivity index (χ1v) is 6.83. The van der Waals surface area contributed by atoms with Crippen LogP contribution in [0.3, 0.4) is 0 Å². The van der Waals surface area contributed by atoms with Crippen LogP contribution in [0.15, 0.2) is 29.3 Å². The first kappa shape index (κ1) is 19.7. The van der Waals surface area contributed by atoms with E-state index in [9.17, 15) is 4.79 Å². The van der Waals surface area contributed by atoms with Gasteiger partial charge in [0.1, 0.15) is 0 Å². The van der Waals surface area contributed by atoms with Crippen molar-refractivity contribution in [2.24, 2.45) is 4.99 Å². The second-order valence-corrected chi connectivity index (χ2v) is 4.75. The van der Waals surface area contributed by atoms with Crippen LogP contribution in [-0.4, -0.2) is 44.5 Å². The maximum Gasteiger partial charge on any atom is 0.253 e. The zero-order chi connectivity index (χ0) is 15.0. The Morgan fingerprint density at radius 3 is 2.29 bits per heavy atom. The summed E-state index contributed by atoms with van der Waals surface area (Å²) in [6.07, 6.45) is 1.06. The summed E-state index contributed by atoms with van der Waals surface area (Å²) in [4.78, 5) is 17.5. The molecule has 0 atom stereocenters. The number of rotatable bonds is 5. The summed E-state index contributed by atoms with van der Waals surface area (Å²) in [6.45, 7) is 3.69. The van der Waals surface area contributed by atoms with Gasteiger partial charge in [0.2, 0.25) is 0 Å². The molecule has 0 aliphatic rings. The number of carbonyl (C=O) groups is 1. The molecule has 21 heavy (non-hydrogen) atoms. The molecule has 0 saturated heterocycles. The van der Waals surface area contributed by atoms with E-state index < -0.39 is 0 Å². The number of amides is 1. The molecular formula is C15H25IN4O. The van der Waals surface area contributed by atoms with Crippen LogP contribution in [0.4, 0.5) is 0 Å². The molecule has 1 amide bonds. The molecule has 2 N–H and O–H groups in total. The van der Waals surface area contributed by atoms with Gasteiger partial charge in [-0.2, -0.15) is 0 Å². The zero-order valence-electron chi connectivity index (χ0n) is 13.1. The van der Waals surface area contributed by atoms with Crippen LogP contribution in [0.25, 0.3) is 0 Å². The van der Waals surface area contributed by atoms with E-state index in [1.54, 1.807) is 26.0 Å².